The Balaban J connectivity index is 1.89. The lowest BCUT2D eigenvalue weighted by Crippen LogP contribution is -2.15. The summed E-state index contributed by atoms with van der Waals surface area (Å²) in [4.78, 5) is 22.8. The smallest absolute Gasteiger partial charge is 0.335 e. The van der Waals surface area contributed by atoms with Gasteiger partial charge >= 0.3 is 5.97 Å². The number of thioether (sulfide) groups is 1. The van der Waals surface area contributed by atoms with Gasteiger partial charge in [0.1, 0.15) is 0 Å². The monoisotopic (exact) mass is 335 g/mol. The predicted octanol–water partition coefficient (Wildman–Crippen LogP) is 3.91. The van der Waals surface area contributed by atoms with Gasteiger partial charge in [0.05, 0.1) is 22.0 Å². The molecule has 6 heteroatoms. The molecule has 2 aromatic carbocycles. The molecule has 0 saturated carbocycles. The molecule has 4 nitrogen and oxygen atoms in total. The quantitative estimate of drug-likeness (QED) is 0.840. The minimum Gasteiger partial charge on any atom is -0.478 e. The zero-order valence-corrected chi connectivity index (χ0v) is 13.2. The number of carbonyl (C=O) groups excluding carboxylic acids is 1. The number of carbonyl (C=O) groups is 2. The molecule has 2 rings (SSSR count). The van der Waals surface area contributed by atoms with Crippen molar-refractivity contribution in [2.24, 2.45) is 0 Å². The Morgan fingerprint density at radius 1 is 1.14 bits per heavy atom. The SMILES string of the molecule is O=C(CSCc1ccccc1)Nc1cc(C(=O)O)ccc1Cl. The summed E-state index contributed by atoms with van der Waals surface area (Å²) in [6.45, 7) is 0. The van der Waals surface area contributed by atoms with E-state index >= 15 is 0 Å². The van der Waals surface area contributed by atoms with Crippen molar-refractivity contribution in [1.82, 2.24) is 0 Å². The van der Waals surface area contributed by atoms with Crippen LogP contribution in [0.5, 0.6) is 0 Å². The van der Waals surface area contributed by atoms with Crippen LogP contribution in [0.25, 0.3) is 0 Å². The second-order valence-electron chi connectivity index (χ2n) is 4.53. The van der Waals surface area contributed by atoms with Crippen LogP contribution in [0.4, 0.5) is 5.69 Å². The molecule has 0 fully saturated rings. The van der Waals surface area contributed by atoms with E-state index in [1.54, 1.807) is 0 Å². The normalized spacial score (nSPS) is 10.2. The van der Waals surface area contributed by atoms with Crippen molar-refractivity contribution >= 4 is 40.9 Å². The van der Waals surface area contributed by atoms with Crippen LogP contribution in [0, 0.1) is 0 Å². The van der Waals surface area contributed by atoms with Crippen molar-refractivity contribution in [3.05, 3.63) is 64.7 Å². The van der Waals surface area contributed by atoms with Crippen LogP contribution in [0.15, 0.2) is 48.5 Å². The molecule has 0 heterocycles. The van der Waals surface area contributed by atoms with E-state index < -0.39 is 5.97 Å². The van der Waals surface area contributed by atoms with E-state index in [2.05, 4.69) is 5.32 Å². The van der Waals surface area contributed by atoms with Gasteiger partial charge in [0.2, 0.25) is 5.91 Å². The number of nitrogens with one attached hydrogen (secondary N) is 1. The van der Waals surface area contributed by atoms with E-state index in [0.717, 1.165) is 11.3 Å². The highest BCUT2D eigenvalue weighted by Crippen LogP contribution is 2.23. The van der Waals surface area contributed by atoms with Gasteiger partial charge in [0, 0.05) is 5.75 Å². The number of aromatic carboxylic acids is 1. The second kappa shape index (κ2) is 7.87. The van der Waals surface area contributed by atoms with E-state index in [-0.39, 0.29) is 17.2 Å². The van der Waals surface area contributed by atoms with E-state index in [1.165, 1.54) is 30.0 Å². The molecule has 0 aliphatic rings. The zero-order valence-electron chi connectivity index (χ0n) is 11.6. The van der Waals surface area contributed by atoms with Gasteiger partial charge in [-0.15, -0.1) is 11.8 Å². The third-order valence-corrected chi connectivity index (χ3v) is 4.17. The van der Waals surface area contributed by atoms with Crippen LogP contribution < -0.4 is 5.32 Å². The van der Waals surface area contributed by atoms with Gasteiger partial charge in [0.25, 0.3) is 0 Å². The van der Waals surface area contributed by atoms with Crippen LogP contribution in [-0.4, -0.2) is 22.7 Å². The maximum Gasteiger partial charge on any atom is 0.335 e. The molecule has 0 bridgehead atoms. The first-order valence-corrected chi connectivity index (χ1v) is 8.04. The average Bonchev–Trinajstić information content (AvgIpc) is 2.50. The van der Waals surface area contributed by atoms with Crippen LogP contribution in [0.3, 0.4) is 0 Å². The lowest BCUT2D eigenvalue weighted by atomic mass is 10.2. The standard InChI is InChI=1S/C16H14ClNO3S/c17-13-7-6-12(16(20)21)8-14(13)18-15(19)10-22-9-11-4-2-1-3-5-11/h1-8H,9-10H2,(H,18,19)(H,20,21). The fraction of sp³-hybridized carbons (Fsp3) is 0.125. The van der Waals surface area contributed by atoms with Gasteiger partial charge in [-0.1, -0.05) is 41.9 Å². The molecule has 0 aliphatic heterocycles. The summed E-state index contributed by atoms with van der Waals surface area (Å²) >= 11 is 7.44. The highest BCUT2D eigenvalue weighted by molar-refractivity contribution is 7.99. The second-order valence-corrected chi connectivity index (χ2v) is 5.92. The van der Waals surface area contributed by atoms with E-state index in [0.29, 0.717) is 10.7 Å². The van der Waals surface area contributed by atoms with Crippen molar-refractivity contribution in [3.63, 3.8) is 0 Å². The molecule has 22 heavy (non-hydrogen) atoms. The van der Waals surface area contributed by atoms with E-state index in [4.69, 9.17) is 16.7 Å². The first-order chi connectivity index (χ1) is 10.6. The van der Waals surface area contributed by atoms with Crippen LogP contribution in [-0.2, 0) is 10.5 Å². The number of carboxylic acid groups (broad SMARTS) is 1. The molecule has 0 spiro atoms. The molecule has 0 radical (unpaired) electrons. The molecule has 0 atom stereocenters. The summed E-state index contributed by atoms with van der Waals surface area (Å²) in [5.74, 6) is -0.282. The highest BCUT2D eigenvalue weighted by Gasteiger charge is 2.10. The number of halogens is 1. The number of benzene rings is 2. The first kappa shape index (κ1) is 16.4. The number of amides is 1. The molecule has 114 valence electrons. The summed E-state index contributed by atoms with van der Waals surface area (Å²) < 4.78 is 0. The fourth-order valence-corrected chi connectivity index (χ4v) is 2.73. The zero-order chi connectivity index (χ0) is 15.9. The van der Waals surface area contributed by atoms with Gasteiger partial charge in [-0.25, -0.2) is 4.79 Å². The van der Waals surface area contributed by atoms with Crippen molar-refractivity contribution in [2.45, 2.75) is 5.75 Å². The van der Waals surface area contributed by atoms with Crippen molar-refractivity contribution in [1.29, 1.82) is 0 Å². The fourth-order valence-electron chi connectivity index (χ4n) is 1.78. The lowest BCUT2D eigenvalue weighted by Gasteiger charge is -2.08. The summed E-state index contributed by atoms with van der Waals surface area (Å²) in [6.07, 6.45) is 0. The van der Waals surface area contributed by atoms with Gasteiger partial charge < -0.3 is 10.4 Å². The Bertz CT molecular complexity index is 676. The summed E-state index contributed by atoms with van der Waals surface area (Å²) in [6, 6.07) is 14.0. The largest absolute Gasteiger partial charge is 0.478 e. The third kappa shape index (κ3) is 4.79. The van der Waals surface area contributed by atoms with Gasteiger partial charge in [-0.2, -0.15) is 0 Å². The average molecular weight is 336 g/mol. The number of hydrogen-bond acceptors (Lipinski definition) is 3. The van der Waals surface area contributed by atoms with E-state index in [9.17, 15) is 9.59 Å². The highest BCUT2D eigenvalue weighted by atomic mass is 35.5. The van der Waals surface area contributed by atoms with Crippen molar-refractivity contribution < 1.29 is 14.7 Å². The maximum absolute atomic E-state index is 11.9. The lowest BCUT2D eigenvalue weighted by molar-refractivity contribution is -0.113. The number of anilines is 1. The predicted molar refractivity (Wildman–Crippen MR) is 89.6 cm³/mol. The van der Waals surface area contributed by atoms with E-state index in [1.807, 2.05) is 30.3 Å². The Morgan fingerprint density at radius 2 is 1.86 bits per heavy atom. The molecule has 0 aliphatic carbocycles. The molecule has 2 N–H and O–H groups in total. The number of rotatable bonds is 6. The maximum atomic E-state index is 11.9. The Morgan fingerprint density at radius 3 is 2.55 bits per heavy atom. The summed E-state index contributed by atoms with van der Waals surface area (Å²) in [7, 11) is 0. The molecule has 0 unspecified atom stereocenters. The summed E-state index contributed by atoms with van der Waals surface area (Å²) in [5, 5.41) is 11.9. The van der Waals surface area contributed by atoms with Crippen molar-refractivity contribution in [3.8, 4) is 0 Å². The van der Waals surface area contributed by atoms with Crippen LogP contribution in [0.2, 0.25) is 5.02 Å². The minimum atomic E-state index is -1.06. The van der Waals surface area contributed by atoms with Crippen LogP contribution in [0.1, 0.15) is 15.9 Å². The number of carboxylic acids is 1. The molecular formula is C16H14ClNO3S. The molecule has 0 saturated heterocycles. The Kier molecular flexibility index (Phi) is 5.86. The van der Waals surface area contributed by atoms with Gasteiger partial charge in [-0.3, -0.25) is 4.79 Å². The van der Waals surface area contributed by atoms with Crippen molar-refractivity contribution in [2.75, 3.05) is 11.1 Å². The topological polar surface area (TPSA) is 66.4 Å². The summed E-state index contributed by atoms with van der Waals surface area (Å²) in [5.41, 5.74) is 1.54. The molecule has 1 amide bonds. The Hall–Kier alpha value is -1.98. The third-order valence-electron chi connectivity index (χ3n) is 2.83. The first-order valence-electron chi connectivity index (χ1n) is 6.50. The molecule has 0 aromatic heterocycles. The Labute approximate surface area is 137 Å². The minimum absolute atomic E-state index is 0.0802. The number of hydrogen-bond donors (Lipinski definition) is 2. The van der Waals surface area contributed by atoms with Gasteiger partial charge in [-0.05, 0) is 23.8 Å². The molecule has 2 aromatic rings. The molecular weight excluding hydrogens is 322 g/mol. The van der Waals surface area contributed by atoms with Crippen LogP contribution >= 0.6 is 23.4 Å². The van der Waals surface area contributed by atoms with Gasteiger partial charge in [0.15, 0.2) is 0 Å².